The fourth-order valence-corrected chi connectivity index (χ4v) is 2.14. The number of nitrogens with one attached hydrogen (secondary N) is 1. The van der Waals surface area contributed by atoms with Gasteiger partial charge in [0.1, 0.15) is 17.2 Å². The summed E-state index contributed by atoms with van der Waals surface area (Å²) < 4.78 is 26.8. The first-order valence-corrected chi connectivity index (χ1v) is 6.44. The SMILES string of the molecule is C#CC(C)(C)N(CC)Cc1nc2c(F)cc(F)cc2[nH]1. The van der Waals surface area contributed by atoms with E-state index in [1.807, 2.05) is 25.7 Å². The van der Waals surface area contributed by atoms with Crippen LogP contribution in [0.15, 0.2) is 12.1 Å². The van der Waals surface area contributed by atoms with Crippen LogP contribution in [-0.2, 0) is 6.54 Å². The van der Waals surface area contributed by atoms with Crippen LogP contribution in [-0.4, -0.2) is 27.0 Å². The van der Waals surface area contributed by atoms with Crippen molar-refractivity contribution < 1.29 is 8.78 Å². The van der Waals surface area contributed by atoms with Crippen molar-refractivity contribution >= 4 is 11.0 Å². The molecule has 0 atom stereocenters. The third-order valence-electron chi connectivity index (χ3n) is 3.42. The molecule has 3 nitrogen and oxygen atoms in total. The smallest absolute Gasteiger partial charge is 0.153 e. The number of nitrogens with zero attached hydrogens (tertiary/aromatic N) is 2. The Morgan fingerprint density at radius 1 is 1.40 bits per heavy atom. The molecule has 5 heteroatoms. The summed E-state index contributed by atoms with van der Waals surface area (Å²) in [6.45, 7) is 7.02. The highest BCUT2D eigenvalue weighted by atomic mass is 19.1. The molecule has 1 aromatic heterocycles. The lowest BCUT2D eigenvalue weighted by Gasteiger charge is -2.32. The van der Waals surface area contributed by atoms with E-state index in [-0.39, 0.29) is 5.52 Å². The van der Waals surface area contributed by atoms with Crippen LogP contribution in [0.1, 0.15) is 26.6 Å². The summed E-state index contributed by atoms with van der Waals surface area (Å²) in [6, 6.07) is 2.06. The van der Waals surface area contributed by atoms with E-state index in [2.05, 4.69) is 15.9 Å². The standard InChI is InChI=1S/C15H17F2N3/c1-5-15(3,4)20(6-2)9-13-18-12-8-10(16)7-11(17)14(12)19-13/h1,7-8H,6,9H2,2-4H3,(H,18,19). The minimum atomic E-state index is -0.665. The Morgan fingerprint density at radius 2 is 2.10 bits per heavy atom. The van der Waals surface area contributed by atoms with Crippen LogP contribution in [0.3, 0.4) is 0 Å². The molecule has 2 rings (SSSR count). The van der Waals surface area contributed by atoms with Crippen molar-refractivity contribution in [3.8, 4) is 12.3 Å². The van der Waals surface area contributed by atoms with E-state index >= 15 is 0 Å². The van der Waals surface area contributed by atoms with Crippen LogP contribution in [0.5, 0.6) is 0 Å². The third kappa shape index (κ3) is 2.66. The Balaban J connectivity index is 2.35. The average molecular weight is 277 g/mol. The predicted molar refractivity (Wildman–Crippen MR) is 75.0 cm³/mol. The molecule has 106 valence electrons. The second-order valence-electron chi connectivity index (χ2n) is 5.18. The van der Waals surface area contributed by atoms with Gasteiger partial charge in [0.05, 0.1) is 17.6 Å². The van der Waals surface area contributed by atoms with Crippen molar-refractivity contribution in [3.63, 3.8) is 0 Å². The van der Waals surface area contributed by atoms with E-state index in [4.69, 9.17) is 6.42 Å². The van der Waals surface area contributed by atoms with Gasteiger partial charge >= 0.3 is 0 Å². The number of H-pyrrole nitrogens is 1. The number of benzene rings is 1. The van der Waals surface area contributed by atoms with Crippen molar-refractivity contribution in [2.45, 2.75) is 32.9 Å². The lowest BCUT2D eigenvalue weighted by Crippen LogP contribution is -2.42. The zero-order valence-electron chi connectivity index (χ0n) is 11.8. The lowest BCUT2D eigenvalue weighted by atomic mass is 10.0. The highest BCUT2D eigenvalue weighted by molar-refractivity contribution is 5.75. The summed E-state index contributed by atoms with van der Waals surface area (Å²) in [5, 5.41) is 0. The average Bonchev–Trinajstić information content (AvgIpc) is 2.78. The van der Waals surface area contributed by atoms with Crippen molar-refractivity contribution in [1.82, 2.24) is 14.9 Å². The molecule has 0 bridgehead atoms. The highest BCUT2D eigenvalue weighted by Crippen LogP contribution is 2.20. The fourth-order valence-electron chi connectivity index (χ4n) is 2.14. The van der Waals surface area contributed by atoms with Gasteiger partial charge in [-0.2, -0.15) is 0 Å². The normalized spacial score (nSPS) is 12.1. The first kappa shape index (κ1) is 14.5. The van der Waals surface area contributed by atoms with Gasteiger partial charge in [-0.25, -0.2) is 13.8 Å². The minimum Gasteiger partial charge on any atom is -0.341 e. The fraction of sp³-hybridized carbons (Fsp3) is 0.400. The van der Waals surface area contributed by atoms with Gasteiger partial charge in [0.15, 0.2) is 5.82 Å². The molecule has 0 spiro atoms. The maximum absolute atomic E-state index is 13.6. The van der Waals surface area contributed by atoms with Gasteiger partial charge < -0.3 is 4.98 Å². The van der Waals surface area contributed by atoms with E-state index in [0.717, 1.165) is 12.6 Å². The highest BCUT2D eigenvalue weighted by Gasteiger charge is 2.24. The molecule has 0 aliphatic heterocycles. The molecule has 0 amide bonds. The monoisotopic (exact) mass is 277 g/mol. The van der Waals surface area contributed by atoms with Crippen LogP contribution >= 0.6 is 0 Å². The Labute approximate surface area is 117 Å². The third-order valence-corrected chi connectivity index (χ3v) is 3.42. The number of hydrogen-bond donors (Lipinski definition) is 1. The van der Waals surface area contributed by atoms with Gasteiger partial charge in [0.25, 0.3) is 0 Å². The molecule has 20 heavy (non-hydrogen) atoms. The van der Waals surface area contributed by atoms with Crippen molar-refractivity contribution in [2.75, 3.05) is 6.54 Å². The predicted octanol–water partition coefficient (Wildman–Crippen LogP) is 3.07. The lowest BCUT2D eigenvalue weighted by molar-refractivity contribution is 0.166. The summed E-state index contributed by atoms with van der Waals surface area (Å²) in [5.41, 5.74) is 0.0698. The summed E-state index contributed by atoms with van der Waals surface area (Å²) in [6.07, 6.45) is 5.52. The topological polar surface area (TPSA) is 31.9 Å². The summed E-state index contributed by atoms with van der Waals surface area (Å²) in [7, 11) is 0. The molecule has 0 saturated heterocycles. The molecule has 1 N–H and O–H groups in total. The van der Waals surface area contributed by atoms with E-state index < -0.39 is 17.2 Å². The number of fused-ring (bicyclic) bond motifs is 1. The molecular weight excluding hydrogens is 260 g/mol. The number of imidazole rings is 1. The molecule has 0 fully saturated rings. The molecule has 0 aliphatic rings. The Bertz CT molecular complexity index is 668. The maximum atomic E-state index is 13.6. The number of aromatic nitrogens is 2. The van der Waals surface area contributed by atoms with Crippen LogP contribution in [0.4, 0.5) is 8.78 Å². The van der Waals surface area contributed by atoms with Crippen LogP contribution in [0.2, 0.25) is 0 Å². The summed E-state index contributed by atoms with van der Waals surface area (Å²) >= 11 is 0. The van der Waals surface area contributed by atoms with Gasteiger partial charge in [-0.15, -0.1) is 6.42 Å². The van der Waals surface area contributed by atoms with E-state index in [1.54, 1.807) is 0 Å². The zero-order chi connectivity index (χ0) is 14.9. The first-order chi connectivity index (χ1) is 9.37. The summed E-state index contributed by atoms with van der Waals surface area (Å²) in [4.78, 5) is 9.15. The second-order valence-corrected chi connectivity index (χ2v) is 5.18. The molecule has 0 saturated carbocycles. The number of aromatic amines is 1. The Hall–Kier alpha value is -1.93. The first-order valence-electron chi connectivity index (χ1n) is 6.44. The van der Waals surface area contributed by atoms with Gasteiger partial charge in [-0.3, -0.25) is 4.90 Å². The minimum absolute atomic E-state index is 0.149. The van der Waals surface area contributed by atoms with E-state index in [1.165, 1.54) is 6.07 Å². The number of hydrogen-bond acceptors (Lipinski definition) is 2. The Morgan fingerprint density at radius 3 is 2.70 bits per heavy atom. The summed E-state index contributed by atoms with van der Waals surface area (Å²) in [5.74, 6) is 1.99. The van der Waals surface area contributed by atoms with E-state index in [9.17, 15) is 8.78 Å². The number of halogens is 2. The second kappa shape index (κ2) is 5.22. The van der Waals surface area contributed by atoms with Crippen LogP contribution in [0.25, 0.3) is 11.0 Å². The molecule has 1 heterocycles. The van der Waals surface area contributed by atoms with Gasteiger partial charge in [0, 0.05) is 6.07 Å². The largest absolute Gasteiger partial charge is 0.341 e. The molecule has 2 aromatic rings. The molecule has 1 aromatic carbocycles. The van der Waals surface area contributed by atoms with Gasteiger partial charge in [0.2, 0.25) is 0 Å². The van der Waals surface area contributed by atoms with E-state index in [0.29, 0.717) is 17.9 Å². The Kier molecular flexibility index (Phi) is 3.78. The quantitative estimate of drug-likeness (QED) is 0.871. The van der Waals surface area contributed by atoms with Crippen LogP contribution in [0, 0.1) is 24.0 Å². The molecular formula is C15H17F2N3. The van der Waals surface area contributed by atoms with Crippen molar-refractivity contribution in [1.29, 1.82) is 0 Å². The molecule has 0 radical (unpaired) electrons. The van der Waals surface area contributed by atoms with Crippen LogP contribution < -0.4 is 0 Å². The maximum Gasteiger partial charge on any atom is 0.153 e. The van der Waals surface area contributed by atoms with Gasteiger partial charge in [-0.1, -0.05) is 12.8 Å². The molecule has 0 aliphatic carbocycles. The zero-order valence-corrected chi connectivity index (χ0v) is 11.8. The molecule has 0 unspecified atom stereocenters. The number of rotatable bonds is 4. The van der Waals surface area contributed by atoms with Crippen molar-refractivity contribution in [3.05, 3.63) is 29.6 Å². The number of terminal acetylenes is 1. The van der Waals surface area contributed by atoms with Gasteiger partial charge in [-0.05, 0) is 26.5 Å². The van der Waals surface area contributed by atoms with Crippen molar-refractivity contribution in [2.24, 2.45) is 0 Å².